The van der Waals surface area contributed by atoms with Gasteiger partial charge in [-0.15, -0.1) is 22.7 Å². The number of ketones is 1. The van der Waals surface area contributed by atoms with E-state index in [1.807, 2.05) is 47.5 Å². The molecule has 0 bridgehead atoms. The van der Waals surface area contributed by atoms with E-state index in [-0.39, 0.29) is 36.2 Å². The van der Waals surface area contributed by atoms with E-state index in [0.29, 0.717) is 57.7 Å². The third-order valence-electron chi connectivity index (χ3n) is 13.8. The van der Waals surface area contributed by atoms with Crippen LogP contribution in [0.25, 0.3) is 75.0 Å². The smallest absolute Gasteiger partial charge is 0.243 e. The summed E-state index contributed by atoms with van der Waals surface area (Å²) in [6.07, 6.45) is 7.61. The number of nitrogens with zero attached hydrogens (tertiary/aromatic N) is 8. The molecule has 18 heteroatoms. The molecule has 0 radical (unpaired) electrons. The molecular weight excluding hydrogens is 1010 g/mol. The summed E-state index contributed by atoms with van der Waals surface area (Å²) in [6.45, 7) is 12.8. The molecule has 5 aromatic heterocycles. The number of hydrogen-bond acceptors (Lipinski definition) is 15. The molecule has 8 heterocycles. The Morgan fingerprint density at radius 1 is 0.727 bits per heavy atom. The first-order valence-corrected chi connectivity index (χ1v) is 27.4. The number of carbonyl (C=O) groups is 3. The van der Waals surface area contributed by atoms with Crippen molar-refractivity contribution in [2.75, 3.05) is 69.0 Å². The maximum absolute atomic E-state index is 12.7. The van der Waals surface area contributed by atoms with Gasteiger partial charge in [0.05, 0.1) is 58.6 Å². The van der Waals surface area contributed by atoms with Gasteiger partial charge in [0.25, 0.3) is 0 Å². The number of allylic oxidation sites excluding steroid dienone is 2. The number of phenols is 1. The van der Waals surface area contributed by atoms with Crippen LogP contribution in [0.4, 0.5) is 11.6 Å². The van der Waals surface area contributed by atoms with E-state index in [1.54, 1.807) is 53.9 Å². The molecule has 0 spiro atoms. The molecule has 3 aliphatic heterocycles. The molecule has 390 valence electrons. The van der Waals surface area contributed by atoms with Crippen LogP contribution in [0.1, 0.15) is 36.5 Å². The zero-order valence-corrected chi connectivity index (χ0v) is 44.2. The Morgan fingerprint density at radius 3 is 2.08 bits per heavy atom. The highest BCUT2D eigenvalue weighted by Crippen LogP contribution is 2.42. The Morgan fingerprint density at radius 2 is 1.39 bits per heavy atom. The third kappa shape index (κ3) is 11.4. The summed E-state index contributed by atoms with van der Waals surface area (Å²) in [5.41, 5.74) is 10.1. The lowest BCUT2D eigenvalue weighted by Crippen LogP contribution is -2.36. The number of amides is 2. The van der Waals surface area contributed by atoms with Gasteiger partial charge in [-0.2, -0.15) is 5.10 Å². The third-order valence-corrected chi connectivity index (χ3v) is 16.2. The van der Waals surface area contributed by atoms with Crippen LogP contribution in [-0.2, 0) is 43.4 Å². The Balaban J connectivity index is 0.000000165. The number of phenolic OH excluding ortho intramolecular Hbond substituents is 1. The summed E-state index contributed by atoms with van der Waals surface area (Å²) >= 11 is 3.39. The molecule has 3 N–H and O–H groups in total. The SMILES string of the molecule is C/C=C/C(=O)CCC(=O)N1CCc2cc(-c3cc4nc(-c5cccc(O)c5)nc(N5CCOCC5)c4s3)ccc2C1.C=CC(=O)NCc1ccc(-c2cc3nc(-c4cccc5[nH]ncc45)nc(N4CCOCC4)c3s2)cc1. The van der Waals surface area contributed by atoms with Crippen molar-refractivity contribution < 1.29 is 29.0 Å². The number of hydrogen-bond donors (Lipinski definition) is 3. The van der Waals surface area contributed by atoms with Crippen LogP contribution in [0.2, 0.25) is 0 Å². The van der Waals surface area contributed by atoms with Crippen LogP contribution in [0.15, 0.2) is 128 Å². The second-order valence-corrected chi connectivity index (χ2v) is 21.0. The van der Waals surface area contributed by atoms with Crippen LogP contribution >= 0.6 is 22.7 Å². The summed E-state index contributed by atoms with van der Waals surface area (Å²) in [6, 6.07) is 32.0. The fraction of sp³-hybridized carbons (Fsp3) is 0.254. The van der Waals surface area contributed by atoms with E-state index in [4.69, 9.17) is 29.4 Å². The molecule has 77 heavy (non-hydrogen) atoms. The van der Waals surface area contributed by atoms with Gasteiger partial charge in [0.2, 0.25) is 11.8 Å². The number of H-pyrrole nitrogens is 1. The molecule has 2 saturated heterocycles. The lowest BCUT2D eigenvalue weighted by molar-refractivity contribution is -0.133. The zero-order valence-electron chi connectivity index (χ0n) is 42.5. The second-order valence-electron chi connectivity index (χ2n) is 18.9. The topological polar surface area (TPSA) is 192 Å². The average Bonchev–Trinajstić information content (AvgIpc) is 4.29. The Bertz CT molecular complexity index is 3690. The van der Waals surface area contributed by atoms with E-state index >= 15 is 0 Å². The maximum Gasteiger partial charge on any atom is 0.243 e. The molecule has 0 saturated carbocycles. The van der Waals surface area contributed by atoms with E-state index in [9.17, 15) is 19.5 Å². The number of ether oxygens (including phenoxy) is 2. The van der Waals surface area contributed by atoms with Crippen molar-refractivity contribution in [1.29, 1.82) is 0 Å². The summed E-state index contributed by atoms with van der Waals surface area (Å²) < 4.78 is 13.3. The van der Waals surface area contributed by atoms with Crippen molar-refractivity contribution in [2.24, 2.45) is 0 Å². The van der Waals surface area contributed by atoms with Crippen molar-refractivity contribution in [2.45, 2.75) is 39.3 Å². The first-order chi connectivity index (χ1) is 37.7. The van der Waals surface area contributed by atoms with E-state index < -0.39 is 0 Å². The summed E-state index contributed by atoms with van der Waals surface area (Å²) in [7, 11) is 0. The second kappa shape index (κ2) is 23.0. The van der Waals surface area contributed by atoms with E-state index in [0.717, 1.165) is 119 Å². The molecule has 12 rings (SSSR count). The predicted octanol–water partition coefficient (Wildman–Crippen LogP) is 9.92. The minimum absolute atomic E-state index is 0.0123. The van der Waals surface area contributed by atoms with Crippen LogP contribution in [0.5, 0.6) is 5.75 Å². The number of thiophene rings is 2. The van der Waals surface area contributed by atoms with Crippen molar-refractivity contribution in [3.63, 3.8) is 0 Å². The van der Waals surface area contributed by atoms with Crippen LogP contribution in [0.3, 0.4) is 0 Å². The average molecular weight is 1070 g/mol. The van der Waals surface area contributed by atoms with Crippen molar-refractivity contribution >= 4 is 83.2 Å². The van der Waals surface area contributed by atoms with Gasteiger partial charge < -0.3 is 34.6 Å². The van der Waals surface area contributed by atoms with Crippen molar-refractivity contribution in [1.82, 2.24) is 40.3 Å². The fourth-order valence-corrected chi connectivity index (χ4v) is 12.0. The zero-order chi connectivity index (χ0) is 52.8. The highest BCUT2D eigenvalue weighted by molar-refractivity contribution is 7.23. The quantitative estimate of drug-likeness (QED) is 0.0926. The number of fused-ring (bicyclic) bond motifs is 4. The van der Waals surface area contributed by atoms with Gasteiger partial charge in [0, 0.05) is 84.9 Å². The molecule has 9 aromatic rings. The normalized spacial score (nSPS) is 14.7. The van der Waals surface area contributed by atoms with Crippen molar-refractivity contribution in [3.8, 4) is 49.4 Å². The van der Waals surface area contributed by atoms with Crippen LogP contribution in [-0.4, -0.2) is 117 Å². The largest absolute Gasteiger partial charge is 0.508 e. The number of benzene rings is 4. The van der Waals surface area contributed by atoms with Crippen LogP contribution < -0.4 is 15.1 Å². The van der Waals surface area contributed by atoms with Gasteiger partial charge in [0.1, 0.15) is 5.75 Å². The fourth-order valence-electron chi connectivity index (χ4n) is 9.78. The minimum Gasteiger partial charge on any atom is -0.508 e. The van der Waals surface area contributed by atoms with Gasteiger partial charge in [-0.1, -0.05) is 73.3 Å². The molecular formula is C59H56N10O6S2. The first kappa shape index (κ1) is 51.0. The number of aromatic hydroxyl groups is 1. The van der Waals surface area contributed by atoms with Crippen molar-refractivity contribution in [3.05, 3.63) is 145 Å². The molecule has 2 amide bonds. The van der Waals surface area contributed by atoms with Gasteiger partial charge in [-0.25, -0.2) is 19.9 Å². The predicted molar refractivity (Wildman–Crippen MR) is 304 cm³/mol. The molecule has 3 aliphatic rings. The summed E-state index contributed by atoms with van der Waals surface area (Å²) in [5, 5.41) is 21.1. The number of nitrogens with one attached hydrogen (secondary N) is 2. The number of aromatic nitrogens is 6. The highest BCUT2D eigenvalue weighted by atomic mass is 32.1. The Labute approximate surface area is 452 Å². The van der Waals surface area contributed by atoms with E-state index in [2.05, 4.69) is 74.4 Å². The minimum atomic E-state index is -0.181. The number of anilines is 2. The number of morpholine rings is 2. The monoisotopic (exact) mass is 1060 g/mol. The molecule has 0 unspecified atom stereocenters. The van der Waals surface area contributed by atoms with Gasteiger partial charge >= 0.3 is 0 Å². The van der Waals surface area contributed by atoms with Gasteiger partial charge in [-0.3, -0.25) is 19.5 Å². The first-order valence-electron chi connectivity index (χ1n) is 25.7. The number of rotatable bonds is 13. The molecule has 0 aliphatic carbocycles. The van der Waals surface area contributed by atoms with Gasteiger partial charge in [-0.05, 0) is 89.7 Å². The summed E-state index contributed by atoms with van der Waals surface area (Å²) in [5.74, 6) is 3.13. The molecule has 2 fully saturated rings. The molecule has 4 aromatic carbocycles. The highest BCUT2D eigenvalue weighted by Gasteiger charge is 2.25. The number of carbonyl (C=O) groups excluding carboxylic acids is 3. The maximum atomic E-state index is 12.7. The Hall–Kier alpha value is -8.16. The molecule has 16 nitrogen and oxygen atoms in total. The lowest BCUT2D eigenvalue weighted by atomic mass is 9.96. The van der Waals surface area contributed by atoms with Crippen LogP contribution in [0, 0.1) is 0 Å². The Kier molecular flexibility index (Phi) is 15.2. The lowest BCUT2D eigenvalue weighted by Gasteiger charge is -2.29. The van der Waals surface area contributed by atoms with Gasteiger partial charge in [0.15, 0.2) is 29.1 Å². The standard InChI is InChI=1S/C32H32N4O4S.C27H24N6O2S/c1-2-4-25(37)9-10-29(39)36-12-11-21-17-22(7-8-24(21)20-36)28-19-27-30(41-28)32(35-13-15-40-16-14-35)34-31(33-27)23-5-3-6-26(38)18-23;1-2-24(34)28-15-17-6-8-18(9-7-17)23-14-22-25(36-23)27(33-10-12-35-13-11-33)31-26(30-22)19-4-3-5-21-20(19)16-29-32-21/h2-8,17-19,38H,9-16,20H2,1H3;2-9,14,16H,1,10-13,15H2,(H,28,34)(H,29,32)/b4-2+;. The summed E-state index contributed by atoms with van der Waals surface area (Å²) in [4.78, 5) is 64.6. The number of aromatic amines is 1. The van der Waals surface area contributed by atoms with E-state index in [1.165, 1.54) is 17.7 Å². The molecule has 0 atom stereocenters.